The lowest BCUT2D eigenvalue weighted by Gasteiger charge is -2.31. The van der Waals surface area contributed by atoms with E-state index in [9.17, 15) is 8.42 Å². The molecule has 1 rings (SSSR count). The van der Waals surface area contributed by atoms with Gasteiger partial charge in [0.05, 0.1) is 18.5 Å². The van der Waals surface area contributed by atoms with Crippen LogP contribution >= 0.6 is 0 Å². The summed E-state index contributed by atoms with van der Waals surface area (Å²) in [6.45, 7) is 2.22. The molecule has 0 aromatic rings. The van der Waals surface area contributed by atoms with Crippen LogP contribution < -0.4 is 5.32 Å². The topological polar surface area (TPSA) is 55.4 Å². The van der Waals surface area contributed by atoms with E-state index in [1.54, 1.807) is 0 Å². The van der Waals surface area contributed by atoms with E-state index in [2.05, 4.69) is 5.32 Å². The molecule has 5 heteroatoms. The Morgan fingerprint density at radius 2 is 1.94 bits per heavy atom. The molecule has 0 bridgehead atoms. The van der Waals surface area contributed by atoms with Crippen molar-refractivity contribution in [1.29, 1.82) is 0 Å². The second-order valence-corrected chi connectivity index (χ2v) is 7.04. The average Bonchev–Trinajstić information content (AvgIpc) is 2.29. The van der Waals surface area contributed by atoms with Gasteiger partial charge in [-0.3, -0.25) is 0 Å². The van der Waals surface area contributed by atoms with Crippen LogP contribution in [0.1, 0.15) is 39.0 Å². The lowest BCUT2D eigenvalue weighted by Crippen LogP contribution is -2.42. The van der Waals surface area contributed by atoms with Gasteiger partial charge in [0.15, 0.2) is 9.84 Å². The fourth-order valence-corrected chi connectivity index (χ4v) is 3.54. The zero-order chi connectivity index (χ0) is 12.7. The Kier molecular flexibility index (Phi) is 6.44. The molecular weight excluding hydrogens is 238 g/mol. The van der Waals surface area contributed by atoms with Crippen molar-refractivity contribution in [2.75, 3.05) is 25.2 Å². The number of sulfone groups is 1. The highest BCUT2D eigenvalue weighted by atomic mass is 32.2. The zero-order valence-electron chi connectivity index (χ0n) is 10.9. The standard InChI is InChI=1S/C12H25NO3S/c1-3-9-17(14,15)10-8-16-12-7-5-4-6-11(12)13-2/h11-13H,3-10H2,1-2H3. The summed E-state index contributed by atoms with van der Waals surface area (Å²) in [6.07, 6.45) is 5.46. The van der Waals surface area contributed by atoms with Crippen LogP contribution in [0.25, 0.3) is 0 Å². The Morgan fingerprint density at radius 1 is 1.24 bits per heavy atom. The van der Waals surface area contributed by atoms with E-state index in [4.69, 9.17) is 4.74 Å². The third-order valence-corrected chi connectivity index (χ3v) is 5.13. The molecule has 102 valence electrons. The lowest BCUT2D eigenvalue weighted by atomic mass is 9.92. The maximum Gasteiger partial charge on any atom is 0.152 e. The van der Waals surface area contributed by atoms with E-state index in [0.29, 0.717) is 19.1 Å². The van der Waals surface area contributed by atoms with Crippen LogP contribution in [-0.4, -0.2) is 45.7 Å². The first-order valence-corrected chi connectivity index (χ1v) is 8.40. The molecule has 0 radical (unpaired) electrons. The maximum absolute atomic E-state index is 11.5. The average molecular weight is 263 g/mol. The van der Waals surface area contributed by atoms with Gasteiger partial charge in [-0.05, 0) is 26.3 Å². The third-order valence-electron chi connectivity index (χ3n) is 3.31. The summed E-state index contributed by atoms with van der Waals surface area (Å²) in [7, 11) is -0.957. The van der Waals surface area contributed by atoms with Gasteiger partial charge in [-0.15, -0.1) is 0 Å². The summed E-state index contributed by atoms with van der Waals surface area (Å²) in [5.41, 5.74) is 0. The van der Waals surface area contributed by atoms with Crippen molar-refractivity contribution in [2.45, 2.75) is 51.2 Å². The number of hydrogen-bond donors (Lipinski definition) is 1. The molecule has 2 atom stereocenters. The van der Waals surface area contributed by atoms with Crippen LogP contribution in [0.2, 0.25) is 0 Å². The van der Waals surface area contributed by atoms with Gasteiger partial charge in [-0.25, -0.2) is 8.42 Å². The molecule has 1 fully saturated rings. The fraction of sp³-hybridized carbons (Fsp3) is 1.00. The molecule has 0 aromatic carbocycles. The molecule has 17 heavy (non-hydrogen) atoms. The Bertz CT molecular complexity index is 303. The first-order valence-electron chi connectivity index (χ1n) is 6.58. The Hall–Kier alpha value is -0.130. The summed E-state index contributed by atoms with van der Waals surface area (Å²) in [5, 5.41) is 3.25. The molecule has 1 aliphatic carbocycles. The van der Waals surface area contributed by atoms with Crippen LogP contribution in [0.3, 0.4) is 0 Å². The van der Waals surface area contributed by atoms with E-state index in [1.165, 1.54) is 12.8 Å². The number of ether oxygens (including phenoxy) is 1. The van der Waals surface area contributed by atoms with Gasteiger partial charge >= 0.3 is 0 Å². The number of hydrogen-bond acceptors (Lipinski definition) is 4. The van der Waals surface area contributed by atoms with Gasteiger partial charge < -0.3 is 10.1 Å². The summed E-state index contributed by atoms with van der Waals surface area (Å²) in [5.74, 6) is 0.435. The van der Waals surface area contributed by atoms with Gasteiger partial charge in [0, 0.05) is 11.8 Å². The van der Waals surface area contributed by atoms with Crippen LogP contribution in [0.4, 0.5) is 0 Å². The van der Waals surface area contributed by atoms with E-state index in [1.807, 2.05) is 14.0 Å². The quantitative estimate of drug-likeness (QED) is 0.753. The second kappa shape index (κ2) is 7.34. The molecule has 0 heterocycles. The van der Waals surface area contributed by atoms with Crippen molar-refractivity contribution in [2.24, 2.45) is 0 Å². The molecule has 1 aliphatic rings. The van der Waals surface area contributed by atoms with Crippen molar-refractivity contribution in [3.05, 3.63) is 0 Å². The van der Waals surface area contributed by atoms with Gasteiger partial charge in [0.1, 0.15) is 0 Å². The predicted octanol–water partition coefficient (Wildman–Crippen LogP) is 1.36. The van der Waals surface area contributed by atoms with Crippen LogP contribution in [-0.2, 0) is 14.6 Å². The molecule has 1 saturated carbocycles. The minimum Gasteiger partial charge on any atom is -0.376 e. The molecule has 0 aromatic heterocycles. The molecule has 0 aliphatic heterocycles. The van der Waals surface area contributed by atoms with Gasteiger partial charge in [0.2, 0.25) is 0 Å². The first kappa shape index (κ1) is 14.9. The smallest absolute Gasteiger partial charge is 0.152 e. The van der Waals surface area contributed by atoms with Crippen LogP contribution in [0, 0.1) is 0 Å². The molecule has 2 unspecified atom stereocenters. The second-order valence-electron chi connectivity index (χ2n) is 4.74. The lowest BCUT2D eigenvalue weighted by molar-refractivity contribution is 0.0154. The predicted molar refractivity (Wildman–Crippen MR) is 70.0 cm³/mol. The summed E-state index contributed by atoms with van der Waals surface area (Å²) < 4.78 is 28.8. The van der Waals surface area contributed by atoms with Crippen molar-refractivity contribution >= 4 is 9.84 Å². The van der Waals surface area contributed by atoms with Gasteiger partial charge in [-0.2, -0.15) is 0 Å². The van der Waals surface area contributed by atoms with Crippen molar-refractivity contribution in [1.82, 2.24) is 5.32 Å². The SMILES string of the molecule is CCCS(=O)(=O)CCOC1CCCCC1NC. The highest BCUT2D eigenvalue weighted by Crippen LogP contribution is 2.21. The highest BCUT2D eigenvalue weighted by molar-refractivity contribution is 7.91. The van der Waals surface area contributed by atoms with E-state index < -0.39 is 9.84 Å². The molecular formula is C12H25NO3S. The molecule has 4 nitrogen and oxygen atoms in total. The van der Waals surface area contributed by atoms with Crippen molar-refractivity contribution < 1.29 is 13.2 Å². The number of rotatable bonds is 7. The normalized spacial score (nSPS) is 26.0. The van der Waals surface area contributed by atoms with Gasteiger partial charge in [0.25, 0.3) is 0 Å². The zero-order valence-corrected chi connectivity index (χ0v) is 11.8. The summed E-state index contributed by atoms with van der Waals surface area (Å²) >= 11 is 0. The highest BCUT2D eigenvalue weighted by Gasteiger charge is 2.24. The van der Waals surface area contributed by atoms with E-state index in [-0.39, 0.29) is 17.6 Å². The Morgan fingerprint density at radius 3 is 2.59 bits per heavy atom. The largest absolute Gasteiger partial charge is 0.376 e. The monoisotopic (exact) mass is 263 g/mol. The fourth-order valence-electron chi connectivity index (χ4n) is 2.37. The molecule has 1 N–H and O–H groups in total. The summed E-state index contributed by atoms with van der Waals surface area (Å²) in [6, 6.07) is 0.387. The first-order chi connectivity index (χ1) is 8.09. The van der Waals surface area contributed by atoms with E-state index >= 15 is 0 Å². The van der Waals surface area contributed by atoms with Crippen LogP contribution in [0.15, 0.2) is 0 Å². The number of nitrogens with one attached hydrogen (secondary N) is 1. The Labute approximate surface area is 105 Å². The van der Waals surface area contributed by atoms with Crippen molar-refractivity contribution in [3.63, 3.8) is 0 Å². The molecule has 0 saturated heterocycles. The number of likely N-dealkylation sites (N-methyl/N-ethyl adjacent to an activating group) is 1. The van der Waals surface area contributed by atoms with Gasteiger partial charge in [-0.1, -0.05) is 19.8 Å². The maximum atomic E-state index is 11.5. The van der Waals surface area contributed by atoms with Crippen LogP contribution in [0.5, 0.6) is 0 Å². The van der Waals surface area contributed by atoms with Crippen molar-refractivity contribution in [3.8, 4) is 0 Å². The molecule has 0 amide bonds. The minimum absolute atomic E-state index is 0.160. The summed E-state index contributed by atoms with van der Waals surface area (Å²) in [4.78, 5) is 0. The third kappa shape index (κ3) is 5.36. The Balaban J connectivity index is 2.29. The van der Waals surface area contributed by atoms with E-state index in [0.717, 1.165) is 12.8 Å². The minimum atomic E-state index is -2.90. The molecule has 0 spiro atoms.